The number of pyridine rings is 1. The Hall–Kier alpha value is -4.48. The average molecular weight is 486 g/mol. The van der Waals surface area contributed by atoms with Gasteiger partial charge in [0, 0.05) is 40.4 Å². The van der Waals surface area contributed by atoms with Crippen molar-refractivity contribution in [1.29, 1.82) is 5.26 Å². The molecular formula is C26H20ClN5O3. The van der Waals surface area contributed by atoms with Crippen molar-refractivity contribution in [3.8, 4) is 28.8 Å². The number of ether oxygens (including phenoxy) is 1. The molecule has 0 unspecified atom stereocenters. The summed E-state index contributed by atoms with van der Waals surface area (Å²) in [4.78, 5) is 35.9. The summed E-state index contributed by atoms with van der Waals surface area (Å²) >= 11 is 6.22. The van der Waals surface area contributed by atoms with Crippen LogP contribution < -0.4 is 10.3 Å². The van der Waals surface area contributed by atoms with Gasteiger partial charge < -0.3 is 9.72 Å². The number of aryl methyl sites for hydroxylation is 2. The molecule has 0 aliphatic heterocycles. The summed E-state index contributed by atoms with van der Waals surface area (Å²) in [5, 5.41) is 9.73. The molecule has 0 fully saturated rings. The minimum Gasteiger partial charge on any atom is -0.456 e. The molecule has 4 aromatic rings. The molecule has 0 saturated heterocycles. The standard InChI is InChI=1S/C26H20ClN5O3/c1-16-12-17(2)31-25(33)22(16)14-32(27)26(34)18-6-8-19(9-7-18)35-24-5-3-4-20(21(24)13-28)23-10-11-29-15-30-23/h3-12,15H,14H2,1-2H3,(H,31,33). The Labute approximate surface area is 206 Å². The van der Waals surface area contributed by atoms with E-state index in [4.69, 9.17) is 16.5 Å². The zero-order valence-electron chi connectivity index (χ0n) is 18.9. The van der Waals surface area contributed by atoms with E-state index < -0.39 is 5.91 Å². The first-order chi connectivity index (χ1) is 16.9. The van der Waals surface area contributed by atoms with Crippen LogP contribution in [0.25, 0.3) is 11.3 Å². The van der Waals surface area contributed by atoms with Gasteiger partial charge in [-0.3, -0.25) is 9.59 Å². The van der Waals surface area contributed by atoms with Crippen LogP contribution in [0.5, 0.6) is 11.5 Å². The predicted molar refractivity (Wildman–Crippen MR) is 131 cm³/mol. The van der Waals surface area contributed by atoms with Crippen molar-refractivity contribution in [2.45, 2.75) is 20.4 Å². The lowest BCUT2D eigenvalue weighted by Crippen LogP contribution is -2.26. The largest absolute Gasteiger partial charge is 0.456 e. The van der Waals surface area contributed by atoms with Gasteiger partial charge in [-0.1, -0.05) is 12.1 Å². The van der Waals surface area contributed by atoms with Crippen LogP contribution in [0.4, 0.5) is 0 Å². The van der Waals surface area contributed by atoms with Gasteiger partial charge in [-0.2, -0.15) is 5.26 Å². The lowest BCUT2D eigenvalue weighted by molar-refractivity contribution is 0.0856. The number of nitrogens with one attached hydrogen (secondary N) is 1. The summed E-state index contributed by atoms with van der Waals surface area (Å²) < 4.78 is 6.90. The highest BCUT2D eigenvalue weighted by atomic mass is 35.5. The van der Waals surface area contributed by atoms with Crippen molar-refractivity contribution in [3.63, 3.8) is 0 Å². The van der Waals surface area contributed by atoms with Crippen LogP contribution in [0.1, 0.15) is 32.7 Å². The van der Waals surface area contributed by atoms with Crippen LogP contribution in [0.2, 0.25) is 0 Å². The van der Waals surface area contributed by atoms with E-state index in [1.807, 2.05) is 6.07 Å². The third-order valence-corrected chi connectivity index (χ3v) is 5.61. The van der Waals surface area contributed by atoms with E-state index in [0.29, 0.717) is 39.4 Å². The quantitative estimate of drug-likeness (QED) is 0.388. The Morgan fingerprint density at radius 3 is 2.60 bits per heavy atom. The number of hydrogen-bond acceptors (Lipinski definition) is 6. The molecule has 0 spiro atoms. The molecule has 35 heavy (non-hydrogen) atoms. The predicted octanol–water partition coefficient (Wildman–Crippen LogP) is 4.91. The number of hydrogen-bond donors (Lipinski definition) is 1. The highest BCUT2D eigenvalue weighted by Crippen LogP contribution is 2.32. The Kier molecular flexibility index (Phi) is 6.90. The number of carbonyl (C=O) groups excluding carboxylic acids is 1. The molecular weight excluding hydrogens is 466 g/mol. The fourth-order valence-electron chi connectivity index (χ4n) is 3.62. The Bertz CT molecular complexity index is 1480. The molecule has 0 bridgehead atoms. The molecule has 8 nitrogen and oxygen atoms in total. The van der Waals surface area contributed by atoms with Gasteiger partial charge in [0.2, 0.25) is 0 Å². The van der Waals surface area contributed by atoms with E-state index in [1.54, 1.807) is 68.6 Å². The van der Waals surface area contributed by atoms with Crippen LogP contribution >= 0.6 is 11.8 Å². The zero-order valence-corrected chi connectivity index (χ0v) is 19.7. The molecule has 0 aliphatic carbocycles. The van der Waals surface area contributed by atoms with Gasteiger partial charge in [0.15, 0.2) is 0 Å². The van der Waals surface area contributed by atoms with Crippen LogP contribution in [-0.2, 0) is 6.54 Å². The van der Waals surface area contributed by atoms with Gasteiger partial charge in [0.1, 0.15) is 29.5 Å². The molecule has 1 N–H and O–H groups in total. The lowest BCUT2D eigenvalue weighted by Gasteiger charge is -2.16. The number of rotatable bonds is 6. The fourth-order valence-corrected chi connectivity index (χ4v) is 3.83. The number of amides is 1. The fraction of sp³-hybridized carbons (Fsp3) is 0.115. The second-order valence-electron chi connectivity index (χ2n) is 7.78. The average Bonchev–Trinajstić information content (AvgIpc) is 2.86. The van der Waals surface area contributed by atoms with Gasteiger partial charge >= 0.3 is 0 Å². The Balaban J connectivity index is 1.52. The lowest BCUT2D eigenvalue weighted by atomic mass is 10.0. The van der Waals surface area contributed by atoms with Gasteiger partial charge in [-0.15, -0.1) is 0 Å². The van der Waals surface area contributed by atoms with Crippen molar-refractivity contribution in [1.82, 2.24) is 19.4 Å². The molecule has 1 amide bonds. The summed E-state index contributed by atoms with van der Waals surface area (Å²) in [6, 6.07) is 17.3. The number of aromatic nitrogens is 3. The number of nitriles is 1. The molecule has 2 heterocycles. The number of H-pyrrole nitrogens is 1. The minimum absolute atomic E-state index is 0.0402. The van der Waals surface area contributed by atoms with Crippen LogP contribution in [0, 0.1) is 25.2 Å². The second-order valence-corrected chi connectivity index (χ2v) is 8.19. The zero-order chi connectivity index (χ0) is 24.9. The van der Waals surface area contributed by atoms with E-state index in [1.165, 1.54) is 6.33 Å². The Morgan fingerprint density at radius 1 is 1.17 bits per heavy atom. The summed E-state index contributed by atoms with van der Waals surface area (Å²) in [6.45, 7) is 3.55. The molecule has 9 heteroatoms. The van der Waals surface area contributed by atoms with Crippen molar-refractivity contribution in [2.24, 2.45) is 0 Å². The number of aromatic amines is 1. The minimum atomic E-state index is -0.457. The van der Waals surface area contributed by atoms with Crippen LogP contribution in [0.3, 0.4) is 0 Å². The summed E-state index contributed by atoms with van der Waals surface area (Å²) in [5.41, 5.74) is 3.52. The summed E-state index contributed by atoms with van der Waals surface area (Å²) in [7, 11) is 0. The van der Waals surface area contributed by atoms with Crippen LogP contribution in [-0.4, -0.2) is 25.3 Å². The topological polar surface area (TPSA) is 112 Å². The first kappa shape index (κ1) is 23.7. The van der Waals surface area contributed by atoms with E-state index in [2.05, 4.69) is 21.0 Å². The Morgan fingerprint density at radius 2 is 1.94 bits per heavy atom. The molecule has 0 radical (unpaired) electrons. The van der Waals surface area contributed by atoms with Crippen LogP contribution in [0.15, 0.2) is 71.9 Å². The SMILES string of the molecule is Cc1cc(C)c(CN(Cl)C(=O)c2ccc(Oc3cccc(-c4ccncn4)c3C#N)cc2)c(=O)[nH]1. The molecule has 4 rings (SSSR count). The van der Waals surface area contributed by atoms with Crippen molar-refractivity contribution < 1.29 is 9.53 Å². The van der Waals surface area contributed by atoms with Crippen molar-refractivity contribution in [3.05, 3.63) is 105 Å². The number of carbonyl (C=O) groups is 1. The molecule has 0 atom stereocenters. The molecule has 0 saturated carbocycles. The van der Waals surface area contributed by atoms with Gasteiger partial charge in [0.25, 0.3) is 11.5 Å². The smallest absolute Gasteiger partial charge is 0.268 e. The maximum Gasteiger partial charge on any atom is 0.268 e. The third kappa shape index (κ3) is 5.21. The first-order valence-corrected chi connectivity index (χ1v) is 11.0. The maximum atomic E-state index is 12.8. The molecule has 2 aromatic carbocycles. The normalized spacial score (nSPS) is 10.5. The van der Waals surface area contributed by atoms with E-state index >= 15 is 0 Å². The highest BCUT2D eigenvalue weighted by Gasteiger charge is 2.18. The van der Waals surface area contributed by atoms with Crippen molar-refractivity contribution >= 4 is 17.7 Å². The number of nitrogens with zero attached hydrogens (tertiary/aromatic N) is 4. The first-order valence-electron chi connectivity index (χ1n) is 10.6. The number of benzene rings is 2. The second kappa shape index (κ2) is 10.2. The molecule has 2 aromatic heterocycles. The molecule has 0 aliphatic rings. The highest BCUT2D eigenvalue weighted by molar-refractivity contribution is 6.24. The van der Waals surface area contributed by atoms with E-state index in [9.17, 15) is 14.9 Å². The van der Waals surface area contributed by atoms with Gasteiger partial charge in [-0.25, -0.2) is 14.4 Å². The number of halogens is 1. The van der Waals surface area contributed by atoms with E-state index in [0.717, 1.165) is 15.7 Å². The van der Waals surface area contributed by atoms with Gasteiger partial charge in [0.05, 0.1) is 12.2 Å². The summed E-state index contributed by atoms with van der Waals surface area (Å²) in [5.74, 6) is 0.335. The maximum absolute atomic E-state index is 12.8. The molecule has 174 valence electrons. The van der Waals surface area contributed by atoms with Crippen molar-refractivity contribution in [2.75, 3.05) is 0 Å². The summed E-state index contributed by atoms with van der Waals surface area (Å²) in [6.07, 6.45) is 3.01. The monoisotopic (exact) mass is 485 g/mol. The van der Waals surface area contributed by atoms with Gasteiger partial charge in [-0.05, 0) is 61.9 Å². The third-order valence-electron chi connectivity index (χ3n) is 5.34. The van der Waals surface area contributed by atoms with E-state index in [-0.39, 0.29) is 12.1 Å².